The Kier molecular flexibility index (Phi) is 6.18. The second-order valence-corrected chi connectivity index (χ2v) is 3.63. The summed E-state index contributed by atoms with van der Waals surface area (Å²) < 4.78 is 73.3. The summed E-state index contributed by atoms with van der Waals surface area (Å²) in [6.07, 6.45) is 0.642. The van der Waals surface area contributed by atoms with Crippen LogP contribution in [0.2, 0.25) is 0 Å². The van der Waals surface area contributed by atoms with Crippen LogP contribution in [-0.4, -0.2) is 30.7 Å². The molecular formula is C10H10BF5O4. The number of halogens is 5. The summed E-state index contributed by atoms with van der Waals surface area (Å²) in [6.45, 7) is -0.269. The normalized spacial score (nSPS) is 10.8. The zero-order valence-electron chi connectivity index (χ0n) is 10.0. The van der Waals surface area contributed by atoms with Crippen molar-refractivity contribution in [2.24, 2.45) is 0 Å². The minimum Gasteiger partial charge on any atom is -0.507 e. The van der Waals surface area contributed by atoms with Crippen molar-refractivity contribution in [3.05, 3.63) is 29.1 Å². The highest BCUT2D eigenvalue weighted by Gasteiger charge is 2.30. The van der Waals surface area contributed by atoms with Gasteiger partial charge in [0.2, 0.25) is 29.1 Å². The van der Waals surface area contributed by atoms with Gasteiger partial charge in [-0.1, -0.05) is 0 Å². The lowest BCUT2D eigenvalue weighted by molar-refractivity contribution is 0.175. The molecule has 0 atom stereocenters. The number of unbranched alkanes of at least 4 members (excludes halogenated alkanes) is 1. The van der Waals surface area contributed by atoms with Crippen LogP contribution in [0.3, 0.4) is 0 Å². The van der Waals surface area contributed by atoms with E-state index in [2.05, 4.69) is 9.31 Å². The third kappa shape index (κ3) is 3.81. The fourth-order valence-corrected chi connectivity index (χ4v) is 1.22. The third-order valence-corrected chi connectivity index (χ3v) is 2.20. The van der Waals surface area contributed by atoms with Crippen molar-refractivity contribution in [3.63, 3.8) is 0 Å². The maximum absolute atomic E-state index is 13.2. The molecule has 0 fully saturated rings. The summed E-state index contributed by atoms with van der Waals surface area (Å²) in [6, 6.07) is 0. The molecule has 112 valence electrons. The van der Waals surface area contributed by atoms with E-state index in [1.807, 2.05) is 0 Å². The monoisotopic (exact) mass is 300 g/mol. The van der Waals surface area contributed by atoms with Crippen LogP contribution < -0.4 is 4.65 Å². The van der Waals surface area contributed by atoms with E-state index in [0.29, 0.717) is 12.8 Å². The van der Waals surface area contributed by atoms with Crippen LogP contribution in [0.1, 0.15) is 12.8 Å². The summed E-state index contributed by atoms with van der Waals surface area (Å²) in [5.41, 5.74) is 0. The second kappa shape index (κ2) is 7.41. The van der Waals surface area contributed by atoms with E-state index in [1.165, 1.54) is 0 Å². The molecule has 0 saturated carbocycles. The average Bonchev–Trinajstić information content (AvgIpc) is 2.44. The number of benzene rings is 1. The topological polar surface area (TPSA) is 58.9 Å². The van der Waals surface area contributed by atoms with Gasteiger partial charge in [-0.05, 0) is 12.8 Å². The highest BCUT2D eigenvalue weighted by Crippen LogP contribution is 2.29. The molecule has 1 aromatic carbocycles. The maximum Gasteiger partial charge on any atom is 0.710 e. The van der Waals surface area contributed by atoms with Crippen LogP contribution in [0.5, 0.6) is 5.75 Å². The molecule has 0 aliphatic heterocycles. The van der Waals surface area contributed by atoms with Crippen LogP contribution in [0.4, 0.5) is 22.0 Å². The lowest BCUT2D eigenvalue weighted by Gasteiger charge is -2.12. The van der Waals surface area contributed by atoms with E-state index in [1.54, 1.807) is 0 Å². The molecule has 0 amide bonds. The molecule has 1 aromatic rings. The molecule has 0 heterocycles. The highest BCUT2D eigenvalue weighted by molar-refractivity contribution is 6.35. The molecule has 0 unspecified atom stereocenters. The van der Waals surface area contributed by atoms with Gasteiger partial charge in [0.25, 0.3) is 0 Å². The van der Waals surface area contributed by atoms with E-state index in [-0.39, 0.29) is 13.2 Å². The van der Waals surface area contributed by atoms with Gasteiger partial charge in [0.15, 0.2) is 5.75 Å². The van der Waals surface area contributed by atoms with Gasteiger partial charge in [-0.3, -0.25) is 0 Å². The first-order valence-electron chi connectivity index (χ1n) is 5.48. The van der Waals surface area contributed by atoms with Gasteiger partial charge in [-0.2, -0.15) is 8.78 Å². The Balaban J connectivity index is 2.77. The first-order valence-corrected chi connectivity index (χ1v) is 5.48. The molecule has 0 spiro atoms. The Bertz CT molecular complexity index is 444. The summed E-state index contributed by atoms with van der Waals surface area (Å²) in [4.78, 5) is 0. The predicted octanol–water partition coefficient (Wildman–Crippen LogP) is 1.53. The minimum absolute atomic E-state index is 0.127. The Morgan fingerprint density at radius 2 is 1.35 bits per heavy atom. The molecule has 0 bridgehead atoms. The SMILES string of the molecule is OCCCCOB(O)Oc1c(F)c(F)c(F)c(F)c1F. The Hall–Kier alpha value is -1.39. The van der Waals surface area contributed by atoms with Gasteiger partial charge < -0.3 is 19.4 Å². The molecule has 2 N–H and O–H groups in total. The molecule has 0 saturated heterocycles. The van der Waals surface area contributed by atoms with Crippen molar-refractivity contribution >= 4 is 7.32 Å². The quantitative estimate of drug-likeness (QED) is 0.264. The Morgan fingerprint density at radius 1 is 0.850 bits per heavy atom. The summed E-state index contributed by atoms with van der Waals surface area (Å²) >= 11 is 0. The van der Waals surface area contributed by atoms with Crippen molar-refractivity contribution in [1.29, 1.82) is 0 Å². The third-order valence-electron chi connectivity index (χ3n) is 2.20. The largest absolute Gasteiger partial charge is 0.710 e. The molecule has 0 aliphatic carbocycles. The van der Waals surface area contributed by atoms with E-state index < -0.39 is 42.2 Å². The molecule has 0 aromatic heterocycles. The second-order valence-electron chi connectivity index (χ2n) is 3.63. The number of hydrogen-bond donors (Lipinski definition) is 2. The van der Waals surface area contributed by atoms with E-state index >= 15 is 0 Å². The average molecular weight is 300 g/mol. The molecule has 0 radical (unpaired) electrons. The summed E-state index contributed by atoms with van der Waals surface area (Å²) in [5, 5.41) is 17.6. The van der Waals surface area contributed by atoms with Crippen molar-refractivity contribution in [2.45, 2.75) is 12.8 Å². The molecular weight excluding hydrogens is 290 g/mol. The van der Waals surface area contributed by atoms with Crippen LogP contribution in [0, 0.1) is 29.1 Å². The number of rotatable bonds is 7. The van der Waals surface area contributed by atoms with Gasteiger partial charge in [-0.15, -0.1) is 0 Å². The lowest BCUT2D eigenvalue weighted by atomic mass is 10.2. The van der Waals surface area contributed by atoms with Crippen molar-refractivity contribution < 1.29 is 41.4 Å². The molecule has 4 nitrogen and oxygen atoms in total. The molecule has 1 rings (SSSR count). The maximum atomic E-state index is 13.2. The standard InChI is InChI=1S/C10H10BF5O4/c12-5-6(13)8(15)10(9(16)7(5)14)20-11(18)19-4-2-1-3-17/h17-18H,1-4H2. The summed E-state index contributed by atoms with van der Waals surface area (Å²) in [7, 11) is -2.21. The minimum atomic E-state index is -2.33. The first kappa shape index (κ1) is 16.7. The fourth-order valence-electron chi connectivity index (χ4n) is 1.22. The highest BCUT2D eigenvalue weighted by atomic mass is 19.2. The van der Waals surface area contributed by atoms with Gasteiger partial charge in [0.05, 0.1) is 0 Å². The molecule has 0 aliphatic rings. The van der Waals surface area contributed by atoms with E-state index in [0.717, 1.165) is 0 Å². The molecule has 20 heavy (non-hydrogen) atoms. The van der Waals surface area contributed by atoms with Crippen molar-refractivity contribution in [2.75, 3.05) is 13.2 Å². The number of hydrogen-bond acceptors (Lipinski definition) is 4. The van der Waals surface area contributed by atoms with Crippen molar-refractivity contribution in [1.82, 2.24) is 0 Å². The Morgan fingerprint density at radius 3 is 1.85 bits per heavy atom. The van der Waals surface area contributed by atoms with Crippen molar-refractivity contribution in [3.8, 4) is 5.75 Å². The summed E-state index contributed by atoms with van der Waals surface area (Å²) in [5.74, 6) is -12.8. The van der Waals surface area contributed by atoms with E-state index in [4.69, 9.17) is 10.1 Å². The van der Waals surface area contributed by atoms with Crippen LogP contribution >= 0.6 is 0 Å². The van der Waals surface area contributed by atoms with Crippen LogP contribution in [-0.2, 0) is 4.65 Å². The van der Waals surface area contributed by atoms with Gasteiger partial charge in [0, 0.05) is 13.2 Å². The smallest absolute Gasteiger partial charge is 0.507 e. The zero-order chi connectivity index (χ0) is 15.3. The Labute approximate surface area is 110 Å². The van der Waals surface area contributed by atoms with Gasteiger partial charge >= 0.3 is 7.32 Å². The molecule has 10 heteroatoms. The lowest BCUT2D eigenvalue weighted by Crippen LogP contribution is -2.28. The predicted molar refractivity (Wildman–Crippen MR) is 57.1 cm³/mol. The van der Waals surface area contributed by atoms with Crippen LogP contribution in [0.15, 0.2) is 0 Å². The van der Waals surface area contributed by atoms with Gasteiger partial charge in [0.1, 0.15) is 0 Å². The van der Waals surface area contributed by atoms with Crippen LogP contribution in [0.25, 0.3) is 0 Å². The zero-order valence-corrected chi connectivity index (χ0v) is 10.0. The first-order chi connectivity index (χ1) is 9.40. The van der Waals surface area contributed by atoms with Gasteiger partial charge in [-0.25, -0.2) is 13.2 Å². The van der Waals surface area contributed by atoms with E-state index in [9.17, 15) is 22.0 Å². The number of aliphatic hydroxyl groups excluding tert-OH is 1. The number of aliphatic hydroxyl groups is 1. The fraction of sp³-hybridized carbons (Fsp3) is 0.400.